The third kappa shape index (κ3) is 6.13. The van der Waals surface area contributed by atoms with Crippen LogP contribution >= 0.6 is 0 Å². The Morgan fingerprint density at radius 3 is 2.53 bits per heavy atom. The Hall–Kier alpha value is -0.980. The van der Waals surface area contributed by atoms with Crippen molar-refractivity contribution in [3.63, 3.8) is 0 Å². The van der Waals surface area contributed by atoms with Gasteiger partial charge in [0.2, 0.25) is 10.0 Å². The lowest BCUT2D eigenvalue weighted by Gasteiger charge is -2.15. The van der Waals surface area contributed by atoms with Crippen molar-refractivity contribution >= 4 is 10.0 Å². The van der Waals surface area contributed by atoms with Crippen LogP contribution in [0.2, 0.25) is 0 Å². The summed E-state index contributed by atoms with van der Waals surface area (Å²) in [4.78, 5) is 0. The molecule has 108 valence electrons. The van der Waals surface area contributed by atoms with Crippen molar-refractivity contribution in [3.05, 3.63) is 35.6 Å². The van der Waals surface area contributed by atoms with Gasteiger partial charge in [0, 0.05) is 18.6 Å². The highest BCUT2D eigenvalue weighted by molar-refractivity contribution is 7.89. The van der Waals surface area contributed by atoms with Crippen LogP contribution in [0.1, 0.15) is 32.4 Å². The summed E-state index contributed by atoms with van der Waals surface area (Å²) in [6, 6.07) is 5.73. The van der Waals surface area contributed by atoms with E-state index in [0.29, 0.717) is 12.1 Å². The van der Waals surface area contributed by atoms with Crippen molar-refractivity contribution < 1.29 is 12.8 Å². The molecule has 0 saturated carbocycles. The summed E-state index contributed by atoms with van der Waals surface area (Å²) in [5.74, 6) is -0.366. The Morgan fingerprint density at radius 2 is 1.95 bits per heavy atom. The van der Waals surface area contributed by atoms with E-state index in [9.17, 15) is 12.8 Å². The highest BCUT2D eigenvalue weighted by atomic mass is 32.2. The summed E-state index contributed by atoms with van der Waals surface area (Å²) >= 11 is 0. The third-order valence-corrected chi connectivity index (χ3v) is 4.08. The number of halogens is 1. The lowest BCUT2D eigenvalue weighted by Crippen LogP contribution is -2.35. The van der Waals surface area contributed by atoms with Crippen molar-refractivity contribution in [2.75, 3.05) is 12.3 Å². The highest BCUT2D eigenvalue weighted by Gasteiger charge is 2.15. The summed E-state index contributed by atoms with van der Waals surface area (Å²) in [5, 5.41) is 3.04. The molecule has 1 aromatic rings. The Morgan fingerprint density at radius 1 is 1.26 bits per heavy atom. The molecule has 0 saturated heterocycles. The number of hydrogen-bond acceptors (Lipinski definition) is 3. The van der Waals surface area contributed by atoms with Crippen LogP contribution in [0.15, 0.2) is 24.3 Å². The quantitative estimate of drug-likeness (QED) is 0.804. The second-order valence-electron chi connectivity index (χ2n) is 4.82. The van der Waals surface area contributed by atoms with Crippen LogP contribution in [0.3, 0.4) is 0 Å². The van der Waals surface area contributed by atoms with E-state index >= 15 is 0 Å². The normalized spacial score (nSPS) is 13.7. The Labute approximate surface area is 114 Å². The van der Waals surface area contributed by atoms with Crippen LogP contribution in [0.5, 0.6) is 0 Å². The van der Waals surface area contributed by atoms with Gasteiger partial charge < -0.3 is 5.32 Å². The molecule has 0 bridgehead atoms. The van der Waals surface area contributed by atoms with Crippen molar-refractivity contribution in [3.8, 4) is 0 Å². The molecule has 1 aromatic carbocycles. The molecule has 4 nitrogen and oxygen atoms in total. The van der Waals surface area contributed by atoms with Crippen LogP contribution < -0.4 is 10.0 Å². The van der Waals surface area contributed by atoms with Gasteiger partial charge in [0.15, 0.2) is 0 Å². The molecule has 0 amide bonds. The van der Waals surface area contributed by atoms with E-state index in [1.165, 1.54) is 12.1 Å². The monoisotopic (exact) mass is 288 g/mol. The molecule has 0 fully saturated rings. The van der Waals surface area contributed by atoms with Crippen LogP contribution in [0, 0.1) is 5.82 Å². The third-order valence-electron chi connectivity index (χ3n) is 2.63. The first-order valence-electron chi connectivity index (χ1n) is 6.29. The summed E-state index contributed by atoms with van der Waals surface area (Å²) in [7, 11) is -3.37. The highest BCUT2D eigenvalue weighted by Crippen LogP contribution is 2.14. The SMILES string of the molecule is CC(C)NCCS(=O)(=O)NC(C)c1cccc(F)c1. The van der Waals surface area contributed by atoms with E-state index in [0.717, 1.165) is 0 Å². The van der Waals surface area contributed by atoms with E-state index in [2.05, 4.69) is 10.0 Å². The largest absolute Gasteiger partial charge is 0.313 e. The lowest BCUT2D eigenvalue weighted by molar-refractivity contribution is 0.553. The van der Waals surface area contributed by atoms with Crippen molar-refractivity contribution in [1.82, 2.24) is 10.0 Å². The maximum Gasteiger partial charge on any atom is 0.213 e. The smallest absolute Gasteiger partial charge is 0.213 e. The fraction of sp³-hybridized carbons (Fsp3) is 0.538. The predicted octanol–water partition coefficient (Wildman–Crippen LogP) is 1.80. The minimum atomic E-state index is -3.37. The number of sulfonamides is 1. The van der Waals surface area contributed by atoms with Gasteiger partial charge in [-0.2, -0.15) is 0 Å². The van der Waals surface area contributed by atoms with E-state index in [-0.39, 0.29) is 17.6 Å². The zero-order chi connectivity index (χ0) is 14.5. The van der Waals surface area contributed by atoms with Gasteiger partial charge in [0.25, 0.3) is 0 Å². The second kappa shape index (κ2) is 6.98. The standard InChI is InChI=1S/C13H21FN2O2S/c1-10(2)15-7-8-19(17,18)16-11(3)12-5-4-6-13(14)9-12/h4-6,9-11,15-16H,7-8H2,1-3H3. The zero-order valence-electron chi connectivity index (χ0n) is 11.5. The van der Waals surface area contributed by atoms with E-state index in [1.54, 1.807) is 19.1 Å². The molecule has 6 heteroatoms. The fourth-order valence-corrected chi connectivity index (χ4v) is 2.83. The molecular weight excluding hydrogens is 267 g/mol. The molecule has 0 aliphatic rings. The molecular formula is C13H21FN2O2S. The molecule has 0 spiro atoms. The molecule has 1 unspecified atom stereocenters. The molecule has 0 aliphatic carbocycles. The predicted molar refractivity (Wildman–Crippen MR) is 74.9 cm³/mol. The summed E-state index contributed by atoms with van der Waals surface area (Å²) in [6.45, 7) is 6.00. The summed E-state index contributed by atoms with van der Waals surface area (Å²) < 4.78 is 39.3. The maximum absolute atomic E-state index is 13.1. The Balaban J connectivity index is 2.57. The van der Waals surface area contributed by atoms with Gasteiger partial charge in [-0.3, -0.25) is 0 Å². The van der Waals surface area contributed by atoms with Gasteiger partial charge >= 0.3 is 0 Å². The van der Waals surface area contributed by atoms with E-state index in [1.807, 2.05) is 13.8 Å². The average Bonchev–Trinajstić information content (AvgIpc) is 2.27. The second-order valence-corrected chi connectivity index (χ2v) is 6.70. The van der Waals surface area contributed by atoms with Crippen LogP contribution in [-0.4, -0.2) is 26.8 Å². The summed E-state index contributed by atoms with van der Waals surface area (Å²) in [5.41, 5.74) is 0.611. The Bertz CT molecular complexity index is 503. The first-order valence-corrected chi connectivity index (χ1v) is 7.94. The van der Waals surface area contributed by atoms with Gasteiger partial charge in [-0.05, 0) is 24.6 Å². The number of hydrogen-bond donors (Lipinski definition) is 2. The molecule has 1 rings (SSSR count). The van der Waals surface area contributed by atoms with Crippen LogP contribution in [-0.2, 0) is 10.0 Å². The van der Waals surface area contributed by atoms with E-state index in [4.69, 9.17) is 0 Å². The van der Waals surface area contributed by atoms with Gasteiger partial charge in [-0.1, -0.05) is 26.0 Å². The van der Waals surface area contributed by atoms with Gasteiger partial charge in [-0.15, -0.1) is 0 Å². The summed E-state index contributed by atoms with van der Waals surface area (Å²) in [6.07, 6.45) is 0. The first kappa shape index (κ1) is 16.1. The molecule has 0 heterocycles. The number of benzene rings is 1. The molecule has 2 N–H and O–H groups in total. The lowest BCUT2D eigenvalue weighted by atomic mass is 10.1. The minimum absolute atomic E-state index is 0.00480. The van der Waals surface area contributed by atoms with Crippen molar-refractivity contribution in [2.45, 2.75) is 32.9 Å². The van der Waals surface area contributed by atoms with Gasteiger partial charge in [0.05, 0.1) is 5.75 Å². The fourth-order valence-electron chi connectivity index (χ4n) is 1.65. The molecule has 19 heavy (non-hydrogen) atoms. The van der Waals surface area contributed by atoms with Crippen LogP contribution in [0.25, 0.3) is 0 Å². The van der Waals surface area contributed by atoms with Gasteiger partial charge in [-0.25, -0.2) is 17.5 Å². The minimum Gasteiger partial charge on any atom is -0.313 e. The van der Waals surface area contributed by atoms with E-state index < -0.39 is 16.1 Å². The Kier molecular flexibility index (Phi) is 5.90. The zero-order valence-corrected chi connectivity index (χ0v) is 12.3. The number of rotatable bonds is 7. The van der Waals surface area contributed by atoms with Gasteiger partial charge in [0.1, 0.15) is 5.82 Å². The first-order chi connectivity index (χ1) is 8.80. The molecule has 1 atom stereocenters. The molecule has 0 radical (unpaired) electrons. The molecule has 0 aromatic heterocycles. The molecule has 0 aliphatic heterocycles. The van der Waals surface area contributed by atoms with Crippen molar-refractivity contribution in [1.29, 1.82) is 0 Å². The average molecular weight is 288 g/mol. The number of nitrogens with one attached hydrogen (secondary N) is 2. The van der Waals surface area contributed by atoms with Crippen molar-refractivity contribution in [2.24, 2.45) is 0 Å². The van der Waals surface area contributed by atoms with Crippen LogP contribution in [0.4, 0.5) is 4.39 Å². The maximum atomic E-state index is 13.1. The topological polar surface area (TPSA) is 58.2 Å².